The molecule has 0 bridgehead atoms. The molecule has 0 radical (unpaired) electrons. The summed E-state index contributed by atoms with van der Waals surface area (Å²) in [4.78, 5) is 0. The summed E-state index contributed by atoms with van der Waals surface area (Å²) in [5.41, 5.74) is 2.30. The number of benzene rings is 1. The quantitative estimate of drug-likeness (QED) is 0.819. The molecule has 0 spiro atoms. The third kappa shape index (κ3) is 3.80. The van der Waals surface area contributed by atoms with Gasteiger partial charge in [0.05, 0.1) is 16.8 Å². The van der Waals surface area contributed by atoms with E-state index in [1.54, 1.807) is 0 Å². The molecule has 0 aliphatic rings. The van der Waals surface area contributed by atoms with Gasteiger partial charge in [-0.3, -0.25) is 4.68 Å². The largest absolute Gasteiger partial charge is 0.493 e. The molecule has 0 atom stereocenters. The van der Waals surface area contributed by atoms with Gasteiger partial charge in [0, 0.05) is 12.7 Å². The van der Waals surface area contributed by atoms with E-state index >= 15 is 0 Å². The van der Waals surface area contributed by atoms with Crippen LogP contribution in [0.1, 0.15) is 25.1 Å². The smallest absolute Gasteiger partial charge is 0.133 e. The molecule has 0 fully saturated rings. The molecule has 0 aliphatic carbocycles. The Balaban J connectivity index is 1.97. The normalized spacial score (nSPS) is 10.7. The molecule has 2 rings (SSSR count). The second-order valence-corrected chi connectivity index (χ2v) is 5.12. The summed E-state index contributed by atoms with van der Waals surface area (Å²) in [6, 6.07) is 6.21. The van der Waals surface area contributed by atoms with Gasteiger partial charge in [-0.25, -0.2) is 0 Å². The molecule has 0 aliphatic heterocycles. The predicted octanol–water partition coefficient (Wildman–Crippen LogP) is 3.24. The highest BCUT2D eigenvalue weighted by Crippen LogP contribution is 2.26. The number of aryl methyl sites for hydroxylation is 3. The van der Waals surface area contributed by atoms with Crippen molar-refractivity contribution in [1.82, 2.24) is 15.0 Å². The monoisotopic (exact) mass is 323 g/mol. The van der Waals surface area contributed by atoms with Gasteiger partial charge >= 0.3 is 0 Å². The van der Waals surface area contributed by atoms with Gasteiger partial charge in [0.2, 0.25) is 0 Å². The van der Waals surface area contributed by atoms with Crippen LogP contribution in [0, 0.1) is 0 Å². The Morgan fingerprint density at radius 1 is 1.26 bits per heavy atom. The number of hydrogen-bond acceptors (Lipinski definition) is 3. The Labute approximate surface area is 121 Å². The standard InChI is InChI=1S/C14H18BrN3O/c1-3-18-10-12(16-17-18)7-5-11-6-8-14(19-4-2)13(15)9-11/h6,8-10H,3-5,7H2,1-2H3. The van der Waals surface area contributed by atoms with Crippen molar-refractivity contribution in [2.24, 2.45) is 0 Å². The Bertz CT molecular complexity index is 539. The van der Waals surface area contributed by atoms with Crippen LogP contribution in [0.25, 0.3) is 0 Å². The molecule has 1 aromatic carbocycles. The lowest BCUT2D eigenvalue weighted by Crippen LogP contribution is -1.95. The highest BCUT2D eigenvalue weighted by atomic mass is 79.9. The Kier molecular flexibility index (Phi) is 4.96. The van der Waals surface area contributed by atoms with E-state index < -0.39 is 0 Å². The van der Waals surface area contributed by atoms with Crippen molar-refractivity contribution in [3.05, 3.63) is 40.1 Å². The first-order chi connectivity index (χ1) is 9.22. The van der Waals surface area contributed by atoms with Crippen LogP contribution >= 0.6 is 15.9 Å². The van der Waals surface area contributed by atoms with Gasteiger partial charge in [0.1, 0.15) is 5.75 Å². The highest BCUT2D eigenvalue weighted by molar-refractivity contribution is 9.10. The first-order valence-corrected chi connectivity index (χ1v) is 7.32. The average Bonchev–Trinajstić information content (AvgIpc) is 2.87. The zero-order valence-corrected chi connectivity index (χ0v) is 12.9. The molecular weight excluding hydrogens is 306 g/mol. The van der Waals surface area contributed by atoms with Gasteiger partial charge in [-0.05, 0) is 60.3 Å². The van der Waals surface area contributed by atoms with Gasteiger partial charge in [0.25, 0.3) is 0 Å². The van der Waals surface area contributed by atoms with Crippen molar-refractivity contribution in [3.8, 4) is 5.75 Å². The number of nitrogens with zero attached hydrogens (tertiary/aromatic N) is 3. The average molecular weight is 324 g/mol. The highest BCUT2D eigenvalue weighted by Gasteiger charge is 2.04. The second kappa shape index (κ2) is 6.70. The summed E-state index contributed by atoms with van der Waals surface area (Å²) in [6.45, 7) is 5.58. The third-order valence-electron chi connectivity index (χ3n) is 2.88. The number of aromatic nitrogens is 3. The van der Waals surface area contributed by atoms with E-state index in [1.807, 2.05) is 23.9 Å². The molecule has 19 heavy (non-hydrogen) atoms. The van der Waals surface area contributed by atoms with Crippen LogP contribution in [0.5, 0.6) is 5.75 Å². The summed E-state index contributed by atoms with van der Waals surface area (Å²) in [6.07, 6.45) is 3.86. The molecule has 102 valence electrons. The third-order valence-corrected chi connectivity index (χ3v) is 3.50. The zero-order valence-electron chi connectivity index (χ0n) is 11.3. The maximum atomic E-state index is 5.50. The Morgan fingerprint density at radius 3 is 2.74 bits per heavy atom. The summed E-state index contributed by atoms with van der Waals surface area (Å²) < 4.78 is 8.35. The first kappa shape index (κ1) is 14.1. The minimum Gasteiger partial charge on any atom is -0.493 e. The van der Waals surface area contributed by atoms with Crippen LogP contribution in [-0.4, -0.2) is 21.6 Å². The van der Waals surface area contributed by atoms with Crippen molar-refractivity contribution in [2.45, 2.75) is 33.2 Å². The van der Waals surface area contributed by atoms with Crippen molar-refractivity contribution in [3.63, 3.8) is 0 Å². The van der Waals surface area contributed by atoms with Crippen LogP contribution < -0.4 is 4.74 Å². The number of halogens is 1. The Morgan fingerprint density at radius 2 is 2.11 bits per heavy atom. The molecule has 0 amide bonds. The number of ether oxygens (including phenoxy) is 1. The van der Waals surface area contributed by atoms with E-state index in [1.165, 1.54) is 5.56 Å². The number of hydrogen-bond donors (Lipinski definition) is 0. The summed E-state index contributed by atoms with van der Waals surface area (Å²) in [5, 5.41) is 8.19. The molecule has 0 unspecified atom stereocenters. The van der Waals surface area contributed by atoms with Crippen LogP contribution in [0.3, 0.4) is 0 Å². The molecule has 0 saturated carbocycles. The second-order valence-electron chi connectivity index (χ2n) is 4.26. The SMILES string of the molecule is CCOc1ccc(CCc2cn(CC)nn2)cc1Br. The fourth-order valence-corrected chi connectivity index (χ4v) is 2.39. The lowest BCUT2D eigenvalue weighted by molar-refractivity contribution is 0.338. The van der Waals surface area contributed by atoms with Crippen molar-refractivity contribution in [1.29, 1.82) is 0 Å². The van der Waals surface area contributed by atoms with E-state index in [4.69, 9.17) is 4.74 Å². The van der Waals surface area contributed by atoms with Crippen molar-refractivity contribution < 1.29 is 4.74 Å². The maximum absolute atomic E-state index is 5.50. The lowest BCUT2D eigenvalue weighted by atomic mass is 10.1. The lowest BCUT2D eigenvalue weighted by Gasteiger charge is -2.07. The Hall–Kier alpha value is -1.36. The molecular formula is C14H18BrN3O. The minimum atomic E-state index is 0.679. The minimum absolute atomic E-state index is 0.679. The molecule has 2 aromatic rings. The zero-order chi connectivity index (χ0) is 13.7. The van der Waals surface area contributed by atoms with E-state index in [-0.39, 0.29) is 0 Å². The molecule has 0 N–H and O–H groups in total. The molecule has 0 saturated heterocycles. The van der Waals surface area contributed by atoms with Crippen LogP contribution in [0.2, 0.25) is 0 Å². The van der Waals surface area contributed by atoms with E-state index in [0.29, 0.717) is 6.61 Å². The van der Waals surface area contributed by atoms with Crippen LogP contribution in [0.15, 0.2) is 28.9 Å². The summed E-state index contributed by atoms with van der Waals surface area (Å²) in [7, 11) is 0. The molecule has 1 heterocycles. The number of rotatable bonds is 6. The van der Waals surface area contributed by atoms with Crippen LogP contribution in [0.4, 0.5) is 0 Å². The van der Waals surface area contributed by atoms with E-state index in [0.717, 1.165) is 35.3 Å². The topological polar surface area (TPSA) is 39.9 Å². The first-order valence-electron chi connectivity index (χ1n) is 6.53. The van der Waals surface area contributed by atoms with Crippen LogP contribution in [-0.2, 0) is 19.4 Å². The van der Waals surface area contributed by atoms with Gasteiger partial charge < -0.3 is 4.74 Å². The predicted molar refractivity (Wildman–Crippen MR) is 78.4 cm³/mol. The van der Waals surface area contributed by atoms with Gasteiger partial charge in [0.15, 0.2) is 0 Å². The van der Waals surface area contributed by atoms with E-state index in [9.17, 15) is 0 Å². The van der Waals surface area contributed by atoms with Crippen molar-refractivity contribution >= 4 is 15.9 Å². The van der Waals surface area contributed by atoms with Gasteiger partial charge in [-0.2, -0.15) is 0 Å². The van der Waals surface area contributed by atoms with Crippen molar-refractivity contribution in [2.75, 3.05) is 6.61 Å². The maximum Gasteiger partial charge on any atom is 0.133 e. The fourth-order valence-electron chi connectivity index (χ4n) is 1.85. The molecule has 5 heteroatoms. The fraction of sp³-hybridized carbons (Fsp3) is 0.429. The molecule has 1 aromatic heterocycles. The van der Waals surface area contributed by atoms with Gasteiger partial charge in [-0.1, -0.05) is 11.3 Å². The van der Waals surface area contributed by atoms with E-state index in [2.05, 4.69) is 45.3 Å². The summed E-state index contributed by atoms with van der Waals surface area (Å²) in [5.74, 6) is 0.892. The summed E-state index contributed by atoms with van der Waals surface area (Å²) >= 11 is 3.53. The molecule has 4 nitrogen and oxygen atoms in total. The van der Waals surface area contributed by atoms with Gasteiger partial charge in [-0.15, -0.1) is 5.10 Å².